The van der Waals surface area contributed by atoms with E-state index in [1.807, 2.05) is 6.92 Å². The summed E-state index contributed by atoms with van der Waals surface area (Å²) in [6, 6.07) is 15.4. The fourth-order valence-electron chi connectivity index (χ4n) is 3.71. The molecule has 4 rings (SSSR count). The molecular weight excluding hydrogens is 426 g/mol. The SMILES string of the molecule is CCN(C(=O)O)c1cc(-c2cn(C(C)c3ccccc3F)nc2-c2ccc(F)cc2)ccn1. The van der Waals surface area contributed by atoms with Crippen LogP contribution >= 0.6 is 0 Å². The smallest absolute Gasteiger partial charge is 0.412 e. The summed E-state index contributed by atoms with van der Waals surface area (Å²) in [5.41, 5.74) is 3.10. The van der Waals surface area contributed by atoms with Crippen LogP contribution in [0.15, 0.2) is 73.1 Å². The fourth-order valence-corrected chi connectivity index (χ4v) is 3.71. The lowest BCUT2D eigenvalue weighted by Gasteiger charge is -2.16. The highest BCUT2D eigenvalue weighted by Gasteiger charge is 2.20. The van der Waals surface area contributed by atoms with E-state index in [1.165, 1.54) is 24.4 Å². The Morgan fingerprint density at radius 3 is 2.48 bits per heavy atom. The van der Waals surface area contributed by atoms with E-state index in [0.29, 0.717) is 27.9 Å². The predicted octanol–water partition coefficient (Wildman–Crippen LogP) is 6.00. The summed E-state index contributed by atoms with van der Waals surface area (Å²) >= 11 is 0. The quantitative estimate of drug-likeness (QED) is 0.392. The molecule has 0 aliphatic heterocycles. The van der Waals surface area contributed by atoms with Gasteiger partial charge in [-0.15, -0.1) is 0 Å². The van der Waals surface area contributed by atoms with Crippen molar-refractivity contribution in [2.75, 3.05) is 11.4 Å². The predicted molar refractivity (Wildman–Crippen MR) is 122 cm³/mol. The lowest BCUT2D eigenvalue weighted by molar-refractivity contribution is 0.202. The number of halogens is 2. The van der Waals surface area contributed by atoms with Crippen LogP contribution in [0, 0.1) is 11.6 Å². The molecule has 1 unspecified atom stereocenters. The Morgan fingerprint density at radius 1 is 1.09 bits per heavy atom. The highest BCUT2D eigenvalue weighted by molar-refractivity contribution is 5.87. The van der Waals surface area contributed by atoms with E-state index in [0.717, 1.165) is 4.90 Å². The first-order valence-corrected chi connectivity index (χ1v) is 10.5. The topological polar surface area (TPSA) is 71.2 Å². The van der Waals surface area contributed by atoms with Gasteiger partial charge in [0.05, 0.1) is 6.04 Å². The molecule has 168 valence electrons. The number of carbonyl (C=O) groups is 1. The highest BCUT2D eigenvalue weighted by Crippen LogP contribution is 2.34. The second kappa shape index (κ2) is 9.20. The number of hydrogen-bond donors (Lipinski definition) is 1. The maximum Gasteiger partial charge on any atom is 0.412 e. The van der Waals surface area contributed by atoms with Gasteiger partial charge in [0, 0.05) is 35.6 Å². The number of benzene rings is 2. The third-order valence-corrected chi connectivity index (χ3v) is 5.48. The molecule has 0 bridgehead atoms. The van der Waals surface area contributed by atoms with E-state index >= 15 is 0 Å². The van der Waals surface area contributed by atoms with Gasteiger partial charge in [0.15, 0.2) is 0 Å². The monoisotopic (exact) mass is 448 g/mol. The zero-order chi connectivity index (χ0) is 23.5. The number of nitrogens with zero attached hydrogens (tertiary/aromatic N) is 4. The van der Waals surface area contributed by atoms with E-state index in [1.54, 1.807) is 60.3 Å². The van der Waals surface area contributed by atoms with Crippen LogP contribution in [0.2, 0.25) is 0 Å². The summed E-state index contributed by atoms with van der Waals surface area (Å²) in [7, 11) is 0. The third kappa shape index (κ3) is 4.45. The van der Waals surface area contributed by atoms with E-state index in [2.05, 4.69) is 4.98 Å². The molecule has 0 saturated heterocycles. The van der Waals surface area contributed by atoms with Gasteiger partial charge in [-0.2, -0.15) is 5.10 Å². The van der Waals surface area contributed by atoms with Gasteiger partial charge in [-0.1, -0.05) is 18.2 Å². The van der Waals surface area contributed by atoms with Gasteiger partial charge in [-0.25, -0.2) is 18.6 Å². The minimum Gasteiger partial charge on any atom is -0.465 e. The van der Waals surface area contributed by atoms with Crippen LogP contribution in [0.4, 0.5) is 19.4 Å². The van der Waals surface area contributed by atoms with Crippen LogP contribution in [0.3, 0.4) is 0 Å². The first-order valence-electron chi connectivity index (χ1n) is 10.5. The molecule has 0 spiro atoms. The van der Waals surface area contributed by atoms with Gasteiger partial charge in [-0.3, -0.25) is 9.58 Å². The summed E-state index contributed by atoms with van der Waals surface area (Å²) < 4.78 is 29.6. The molecule has 0 radical (unpaired) electrons. The Morgan fingerprint density at radius 2 is 1.82 bits per heavy atom. The van der Waals surface area contributed by atoms with Crippen LogP contribution < -0.4 is 4.90 Å². The van der Waals surface area contributed by atoms with Crippen molar-refractivity contribution in [3.63, 3.8) is 0 Å². The van der Waals surface area contributed by atoms with Crippen molar-refractivity contribution in [1.82, 2.24) is 14.8 Å². The summed E-state index contributed by atoms with van der Waals surface area (Å²) in [6.45, 7) is 3.80. The number of carboxylic acid groups (broad SMARTS) is 1. The number of rotatable bonds is 6. The van der Waals surface area contributed by atoms with Crippen molar-refractivity contribution in [2.24, 2.45) is 0 Å². The number of amides is 1. The van der Waals surface area contributed by atoms with Crippen LogP contribution in [0.5, 0.6) is 0 Å². The average Bonchev–Trinajstić information content (AvgIpc) is 3.25. The molecule has 8 heteroatoms. The Labute approximate surface area is 189 Å². The van der Waals surface area contributed by atoms with Crippen molar-refractivity contribution in [1.29, 1.82) is 0 Å². The normalized spacial score (nSPS) is 11.9. The highest BCUT2D eigenvalue weighted by atomic mass is 19.1. The van der Waals surface area contributed by atoms with E-state index in [-0.39, 0.29) is 24.0 Å². The van der Waals surface area contributed by atoms with Gasteiger partial charge in [0.2, 0.25) is 0 Å². The molecule has 2 aromatic heterocycles. The Hall–Kier alpha value is -4.07. The Bertz CT molecular complexity index is 1290. The first kappa shape index (κ1) is 22.1. The van der Waals surface area contributed by atoms with Crippen LogP contribution in [0.25, 0.3) is 22.4 Å². The van der Waals surface area contributed by atoms with Gasteiger partial charge in [0.25, 0.3) is 0 Å². The molecule has 2 heterocycles. The summed E-state index contributed by atoms with van der Waals surface area (Å²) in [5, 5.41) is 14.2. The van der Waals surface area contributed by atoms with Crippen LogP contribution in [0.1, 0.15) is 25.5 Å². The Kier molecular flexibility index (Phi) is 6.17. The van der Waals surface area contributed by atoms with Gasteiger partial charge >= 0.3 is 6.09 Å². The standard InChI is InChI=1S/C25H22F2N4O2/c1-3-30(25(32)33)23-14-18(12-13-28-23)21-15-31(16(2)20-6-4-5-7-22(20)27)29-24(21)17-8-10-19(26)11-9-17/h4-16H,3H2,1-2H3,(H,32,33). The number of pyridine rings is 1. The largest absolute Gasteiger partial charge is 0.465 e. The molecule has 2 aromatic carbocycles. The van der Waals surface area contributed by atoms with Crippen molar-refractivity contribution < 1.29 is 18.7 Å². The fraction of sp³-hybridized carbons (Fsp3) is 0.160. The van der Waals surface area contributed by atoms with Crippen molar-refractivity contribution in [3.8, 4) is 22.4 Å². The van der Waals surface area contributed by atoms with Gasteiger partial charge in [0.1, 0.15) is 23.1 Å². The second-order valence-corrected chi connectivity index (χ2v) is 7.51. The molecule has 1 atom stereocenters. The minimum atomic E-state index is -1.11. The maximum atomic E-state index is 14.4. The Balaban J connectivity index is 1.86. The summed E-state index contributed by atoms with van der Waals surface area (Å²) in [4.78, 5) is 16.9. The lowest BCUT2D eigenvalue weighted by atomic mass is 10.0. The van der Waals surface area contributed by atoms with E-state index in [9.17, 15) is 18.7 Å². The van der Waals surface area contributed by atoms with Crippen molar-refractivity contribution >= 4 is 11.9 Å². The summed E-state index contributed by atoms with van der Waals surface area (Å²) in [6.07, 6.45) is 2.21. The zero-order valence-electron chi connectivity index (χ0n) is 18.1. The molecule has 0 saturated carbocycles. The zero-order valence-corrected chi connectivity index (χ0v) is 18.1. The van der Waals surface area contributed by atoms with E-state index < -0.39 is 12.1 Å². The third-order valence-electron chi connectivity index (χ3n) is 5.48. The van der Waals surface area contributed by atoms with E-state index in [4.69, 9.17) is 5.10 Å². The van der Waals surface area contributed by atoms with Crippen molar-refractivity contribution in [3.05, 3.63) is 90.3 Å². The molecule has 6 nitrogen and oxygen atoms in total. The minimum absolute atomic E-state index is 0.236. The number of hydrogen-bond acceptors (Lipinski definition) is 3. The average molecular weight is 448 g/mol. The molecule has 4 aromatic rings. The first-order chi connectivity index (χ1) is 15.9. The molecular formula is C25H22F2N4O2. The number of anilines is 1. The van der Waals surface area contributed by atoms with Gasteiger partial charge in [-0.05, 0) is 61.9 Å². The molecule has 0 aliphatic carbocycles. The molecule has 33 heavy (non-hydrogen) atoms. The molecule has 1 amide bonds. The maximum absolute atomic E-state index is 14.4. The van der Waals surface area contributed by atoms with Crippen LogP contribution in [-0.2, 0) is 0 Å². The van der Waals surface area contributed by atoms with Gasteiger partial charge < -0.3 is 5.11 Å². The van der Waals surface area contributed by atoms with Crippen molar-refractivity contribution in [2.45, 2.75) is 19.9 Å². The van der Waals surface area contributed by atoms with Crippen LogP contribution in [-0.4, -0.2) is 32.5 Å². The lowest BCUT2D eigenvalue weighted by Crippen LogP contribution is -2.29. The molecule has 0 fully saturated rings. The molecule has 0 aliphatic rings. The number of aromatic nitrogens is 3. The second-order valence-electron chi connectivity index (χ2n) is 7.51. The molecule has 1 N–H and O–H groups in total. The summed E-state index contributed by atoms with van der Waals surface area (Å²) in [5.74, 6) is -0.426.